The van der Waals surface area contributed by atoms with Crippen LogP contribution in [0, 0.1) is 5.41 Å². The molecule has 3 heteroatoms. The molecule has 0 spiro atoms. The number of hydrogen-bond acceptors (Lipinski definition) is 3. The van der Waals surface area contributed by atoms with E-state index in [1.165, 1.54) is 7.11 Å². The van der Waals surface area contributed by atoms with Crippen LogP contribution in [0.2, 0.25) is 0 Å². The first-order valence-corrected chi connectivity index (χ1v) is 5.78. The Balaban J connectivity index is 2.86. The summed E-state index contributed by atoms with van der Waals surface area (Å²) in [4.78, 5) is 4.85. The molecular formula is C14H21NO2. The highest BCUT2D eigenvalue weighted by atomic mass is 16.6. The summed E-state index contributed by atoms with van der Waals surface area (Å²) in [5.41, 5.74) is 1.59. The van der Waals surface area contributed by atoms with E-state index in [9.17, 15) is 5.11 Å². The molecule has 0 saturated heterocycles. The van der Waals surface area contributed by atoms with Gasteiger partial charge in [-0.1, -0.05) is 56.3 Å². The van der Waals surface area contributed by atoms with Gasteiger partial charge in [-0.15, -0.1) is 0 Å². The molecule has 1 rings (SSSR count). The lowest BCUT2D eigenvalue weighted by molar-refractivity contribution is 0.0687. The molecule has 0 bridgehead atoms. The van der Waals surface area contributed by atoms with Gasteiger partial charge >= 0.3 is 0 Å². The number of nitrogens with zero attached hydrogens (tertiary/aromatic N) is 1. The van der Waals surface area contributed by atoms with Crippen LogP contribution in [-0.4, -0.2) is 24.0 Å². The first kappa shape index (κ1) is 13.7. The van der Waals surface area contributed by atoms with Crippen molar-refractivity contribution in [2.24, 2.45) is 10.6 Å². The molecule has 0 aliphatic heterocycles. The molecule has 0 radical (unpaired) electrons. The number of aliphatic hydroxyl groups excluding tert-OH is 1. The van der Waals surface area contributed by atoms with Crippen LogP contribution >= 0.6 is 0 Å². The minimum atomic E-state index is -0.448. The van der Waals surface area contributed by atoms with Crippen LogP contribution in [0.25, 0.3) is 0 Å². The Hall–Kier alpha value is -1.35. The van der Waals surface area contributed by atoms with Gasteiger partial charge in [0.05, 0.1) is 11.8 Å². The molecule has 0 aliphatic rings. The van der Waals surface area contributed by atoms with Crippen LogP contribution in [0.5, 0.6) is 0 Å². The second-order valence-electron chi connectivity index (χ2n) is 5.17. The van der Waals surface area contributed by atoms with E-state index >= 15 is 0 Å². The largest absolute Gasteiger partial charge is 0.399 e. The second kappa shape index (κ2) is 5.82. The average Bonchev–Trinajstić information content (AvgIpc) is 2.28. The normalized spacial score (nSPS) is 14.5. The summed E-state index contributed by atoms with van der Waals surface area (Å²) in [6.45, 7) is 6.02. The summed E-state index contributed by atoms with van der Waals surface area (Å²) >= 11 is 0. The molecule has 1 aromatic carbocycles. The lowest BCUT2D eigenvalue weighted by Crippen LogP contribution is -2.29. The van der Waals surface area contributed by atoms with Gasteiger partial charge in [-0.3, -0.25) is 0 Å². The number of rotatable bonds is 4. The zero-order valence-electron chi connectivity index (χ0n) is 11.0. The van der Waals surface area contributed by atoms with Crippen molar-refractivity contribution in [3.05, 3.63) is 35.9 Å². The second-order valence-corrected chi connectivity index (χ2v) is 5.17. The van der Waals surface area contributed by atoms with Crippen molar-refractivity contribution in [3.8, 4) is 0 Å². The van der Waals surface area contributed by atoms with Crippen LogP contribution in [0.3, 0.4) is 0 Å². The molecule has 1 atom stereocenters. The van der Waals surface area contributed by atoms with Gasteiger partial charge in [0, 0.05) is 6.42 Å². The SMILES string of the molecule is CO/N=C(/CC(O)C(C)(C)C)c1ccccc1. The molecule has 3 nitrogen and oxygen atoms in total. The molecule has 0 aromatic heterocycles. The number of oxime groups is 1. The Bertz CT molecular complexity index is 366. The Labute approximate surface area is 103 Å². The maximum Gasteiger partial charge on any atom is 0.106 e. The van der Waals surface area contributed by atoms with E-state index in [2.05, 4.69) is 5.16 Å². The van der Waals surface area contributed by atoms with Crippen LogP contribution in [-0.2, 0) is 4.84 Å². The molecule has 0 amide bonds. The standard InChI is InChI=1S/C14H21NO2/c1-14(2,3)13(16)10-12(15-17-4)11-8-6-5-7-9-11/h5-9,13,16H,10H2,1-4H3/b15-12-. The fourth-order valence-corrected chi connectivity index (χ4v) is 1.44. The van der Waals surface area contributed by atoms with Crippen LogP contribution in [0.15, 0.2) is 35.5 Å². The smallest absolute Gasteiger partial charge is 0.106 e. The fourth-order valence-electron chi connectivity index (χ4n) is 1.44. The monoisotopic (exact) mass is 235 g/mol. The third kappa shape index (κ3) is 4.19. The lowest BCUT2D eigenvalue weighted by Gasteiger charge is -2.26. The molecule has 0 aliphatic carbocycles. The van der Waals surface area contributed by atoms with Gasteiger partial charge in [0.2, 0.25) is 0 Å². The van der Waals surface area contributed by atoms with Gasteiger partial charge in [-0.25, -0.2) is 0 Å². The summed E-state index contributed by atoms with van der Waals surface area (Å²) in [6.07, 6.45) is 0.0399. The average molecular weight is 235 g/mol. The van der Waals surface area contributed by atoms with E-state index in [1.807, 2.05) is 51.1 Å². The van der Waals surface area contributed by atoms with Gasteiger partial charge < -0.3 is 9.94 Å². The van der Waals surface area contributed by atoms with Crippen molar-refractivity contribution >= 4 is 5.71 Å². The quantitative estimate of drug-likeness (QED) is 0.644. The predicted octanol–water partition coefficient (Wildman–Crippen LogP) is 2.83. The zero-order valence-corrected chi connectivity index (χ0v) is 11.0. The van der Waals surface area contributed by atoms with Crippen molar-refractivity contribution in [2.75, 3.05) is 7.11 Å². The highest BCUT2D eigenvalue weighted by Crippen LogP contribution is 2.23. The molecule has 1 N–H and O–H groups in total. The van der Waals surface area contributed by atoms with Crippen LogP contribution in [0.4, 0.5) is 0 Å². The summed E-state index contributed by atoms with van der Waals surface area (Å²) < 4.78 is 0. The highest BCUT2D eigenvalue weighted by Gasteiger charge is 2.24. The van der Waals surface area contributed by atoms with E-state index in [-0.39, 0.29) is 5.41 Å². The first-order chi connectivity index (χ1) is 7.95. The molecule has 1 aromatic rings. The van der Waals surface area contributed by atoms with E-state index in [1.54, 1.807) is 0 Å². The van der Waals surface area contributed by atoms with E-state index in [0.717, 1.165) is 11.3 Å². The van der Waals surface area contributed by atoms with E-state index < -0.39 is 6.10 Å². The van der Waals surface area contributed by atoms with E-state index in [4.69, 9.17) is 4.84 Å². The van der Waals surface area contributed by atoms with Crippen molar-refractivity contribution in [1.29, 1.82) is 0 Å². The minimum Gasteiger partial charge on any atom is -0.399 e. The molecular weight excluding hydrogens is 214 g/mol. The topological polar surface area (TPSA) is 41.8 Å². The Morgan fingerprint density at radius 2 is 1.88 bits per heavy atom. The highest BCUT2D eigenvalue weighted by molar-refractivity contribution is 6.00. The molecule has 17 heavy (non-hydrogen) atoms. The van der Waals surface area contributed by atoms with Crippen molar-refractivity contribution in [3.63, 3.8) is 0 Å². The Kier molecular flexibility index (Phi) is 4.70. The number of hydrogen-bond donors (Lipinski definition) is 1. The van der Waals surface area contributed by atoms with Gasteiger partial charge in [-0.2, -0.15) is 0 Å². The molecule has 0 saturated carbocycles. The Morgan fingerprint density at radius 3 is 2.35 bits per heavy atom. The third-order valence-electron chi connectivity index (χ3n) is 2.69. The van der Waals surface area contributed by atoms with Crippen molar-refractivity contribution < 1.29 is 9.94 Å². The van der Waals surface area contributed by atoms with Crippen molar-refractivity contribution in [2.45, 2.75) is 33.3 Å². The predicted molar refractivity (Wildman–Crippen MR) is 70.1 cm³/mol. The van der Waals surface area contributed by atoms with E-state index in [0.29, 0.717) is 6.42 Å². The Morgan fingerprint density at radius 1 is 1.29 bits per heavy atom. The zero-order chi connectivity index (χ0) is 12.9. The van der Waals surface area contributed by atoms with Gasteiger partial charge in [0.25, 0.3) is 0 Å². The van der Waals surface area contributed by atoms with Crippen LogP contribution < -0.4 is 0 Å². The summed E-state index contributed by atoms with van der Waals surface area (Å²) in [5, 5.41) is 14.1. The summed E-state index contributed by atoms with van der Waals surface area (Å²) in [6, 6.07) is 9.78. The molecule has 94 valence electrons. The fraction of sp³-hybridized carbons (Fsp3) is 0.500. The minimum absolute atomic E-state index is 0.163. The maximum absolute atomic E-state index is 10.1. The van der Waals surface area contributed by atoms with Gasteiger partial charge in [-0.05, 0) is 11.0 Å². The number of aliphatic hydroxyl groups is 1. The third-order valence-corrected chi connectivity index (χ3v) is 2.69. The molecule has 0 fully saturated rings. The number of benzene rings is 1. The maximum atomic E-state index is 10.1. The first-order valence-electron chi connectivity index (χ1n) is 5.78. The molecule has 1 unspecified atom stereocenters. The van der Waals surface area contributed by atoms with Crippen molar-refractivity contribution in [1.82, 2.24) is 0 Å². The van der Waals surface area contributed by atoms with Crippen LogP contribution in [0.1, 0.15) is 32.8 Å². The lowest BCUT2D eigenvalue weighted by atomic mass is 9.85. The van der Waals surface area contributed by atoms with Gasteiger partial charge in [0.1, 0.15) is 7.11 Å². The summed E-state index contributed by atoms with van der Waals surface area (Å²) in [7, 11) is 1.52. The summed E-state index contributed by atoms with van der Waals surface area (Å²) in [5.74, 6) is 0. The van der Waals surface area contributed by atoms with Gasteiger partial charge in [0.15, 0.2) is 0 Å². The molecule has 0 heterocycles.